The fourth-order valence-corrected chi connectivity index (χ4v) is 3.66. The van der Waals surface area contributed by atoms with E-state index in [0.29, 0.717) is 18.9 Å². The summed E-state index contributed by atoms with van der Waals surface area (Å²) in [7, 11) is 0. The van der Waals surface area contributed by atoms with Gasteiger partial charge in [0.1, 0.15) is 0 Å². The normalized spacial score (nSPS) is 40.0. The van der Waals surface area contributed by atoms with Crippen molar-refractivity contribution < 1.29 is 10.2 Å². The van der Waals surface area contributed by atoms with Crippen LogP contribution in [0.5, 0.6) is 0 Å². The quantitative estimate of drug-likeness (QED) is 0.779. The Bertz CT molecular complexity index is 259. The van der Waals surface area contributed by atoms with Crippen LogP contribution in [0, 0.1) is 11.8 Å². The first kappa shape index (κ1) is 14.9. The maximum absolute atomic E-state index is 10.1. The molecule has 0 aromatic rings. The highest BCUT2D eigenvalue weighted by atomic mass is 35.5. The van der Waals surface area contributed by atoms with Crippen molar-refractivity contribution >= 4 is 23.2 Å². The molecule has 0 spiro atoms. The smallest absolute Gasteiger partial charge is 0.0595 e. The number of likely N-dealkylation sites (tertiary alicyclic amines) is 1. The van der Waals surface area contributed by atoms with Gasteiger partial charge in [-0.1, -0.05) is 0 Å². The minimum Gasteiger partial charge on any atom is -0.396 e. The zero-order valence-corrected chi connectivity index (χ0v) is 12.2. The second kappa shape index (κ2) is 6.76. The van der Waals surface area contributed by atoms with Gasteiger partial charge in [0.2, 0.25) is 0 Å². The molecule has 0 aromatic heterocycles. The van der Waals surface area contributed by atoms with Crippen LogP contribution in [-0.2, 0) is 0 Å². The van der Waals surface area contributed by atoms with E-state index in [4.69, 9.17) is 28.3 Å². The third-order valence-electron chi connectivity index (χ3n) is 4.39. The predicted octanol–water partition coefficient (Wildman–Crippen LogP) is 1.68. The summed E-state index contributed by atoms with van der Waals surface area (Å²) in [5.74, 6) is 0.707. The monoisotopic (exact) mass is 295 g/mol. The molecule has 3 nitrogen and oxygen atoms in total. The summed E-state index contributed by atoms with van der Waals surface area (Å²) in [6, 6.07) is 0. The summed E-state index contributed by atoms with van der Waals surface area (Å²) in [6.07, 6.45) is 3.20. The van der Waals surface area contributed by atoms with Crippen molar-refractivity contribution in [2.45, 2.75) is 42.5 Å². The van der Waals surface area contributed by atoms with Gasteiger partial charge in [-0.15, -0.1) is 23.2 Å². The van der Waals surface area contributed by atoms with Gasteiger partial charge in [0, 0.05) is 13.2 Å². The van der Waals surface area contributed by atoms with E-state index < -0.39 is 0 Å². The number of hydrogen-bond acceptors (Lipinski definition) is 3. The SMILES string of the molecule is OCC1CCN(CC2CC(Cl)C(Cl)CC2O)CC1. The van der Waals surface area contributed by atoms with Gasteiger partial charge in [-0.2, -0.15) is 0 Å². The van der Waals surface area contributed by atoms with E-state index in [9.17, 15) is 5.11 Å². The maximum atomic E-state index is 10.1. The molecule has 4 unspecified atom stereocenters. The van der Waals surface area contributed by atoms with Gasteiger partial charge < -0.3 is 15.1 Å². The van der Waals surface area contributed by atoms with Crippen LogP contribution >= 0.6 is 23.2 Å². The predicted molar refractivity (Wildman–Crippen MR) is 74.3 cm³/mol. The van der Waals surface area contributed by atoms with Crippen LogP contribution in [0.25, 0.3) is 0 Å². The van der Waals surface area contributed by atoms with Crippen LogP contribution in [0.3, 0.4) is 0 Å². The van der Waals surface area contributed by atoms with Crippen LogP contribution in [-0.4, -0.2) is 58.2 Å². The first-order valence-corrected chi connectivity index (χ1v) is 7.77. The molecule has 0 aromatic carbocycles. The number of halogens is 2. The molecule has 2 aliphatic rings. The Kier molecular flexibility index (Phi) is 5.58. The van der Waals surface area contributed by atoms with E-state index in [-0.39, 0.29) is 22.8 Å². The Morgan fingerprint density at radius 3 is 2.28 bits per heavy atom. The van der Waals surface area contributed by atoms with Crippen LogP contribution in [0.4, 0.5) is 0 Å². The molecule has 1 aliphatic heterocycles. The minimum atomic E-state index is -0.321. The molecule has 18 heavy (non-hydrogen) atoms. The molecule has 106 valence electrons. The largest absolute Gasteiger partial charge is 0.396 e. The van der Waals surface area contributed by atoms with Gasteiger partial charge in [-0.3, -0.25) is 0 Å². The molecule has 1 saturated heterocycles. The second-order valence-electron chi connectivity index (χ2n) is 5.76. The van der Waals surface area contributed by atoms with Crippen LogP contribution in [0.2, 0.25) is 0 Å². The van der Waals surface area contributed by atoms with Crippen LogP contribution in [0.1, 0.15) is 25.7 Å². The number of aliphatic hydroxyl groups is 2. The lowest BCUT2D eigenvalue weighted by Crippen LogP contribution is -2.45. The second-order valence-corrected chi connectivity index (χ2v) is 6.88. The highest BCUT2D eigenvalue weighted by Gasteiger charge is 2.35. The summed E-state index contributed by atoms with van der Waals surface area (Å²) in [5.41, 5.74) is 0. The maximum Gasteiger partial charge on any atom is 0.0595 e. The molecule has 1 saturated carbocycles. The highest BCUT2D eigenvalue weighted by molar-refractivity contribution is 6.30. The van der Waals surface area contributed by atoms with Gasteiger partial charge in [0.15, 0.2) is 0 Å². The molecule has 2 fully saturated rings. The lowest BCUT2D eigenvalue weighted by atomic mass is 9.85. The Morgan fingerprint density at radius 1 is 1.06 bits per heavy atom. The number of rotatable bonds is 3. The minimum absolute atomic E-state index is 0.0185. The van der Waals surface area contributed by atoms with E-state index in [0.717, 1.165) is 38.9 Å². The molecule has 1 heterocycles. The molecule has 2 rings (SSSR count). The van der Waals surface area contributed by atoms with Crippen molar-refractivity contribution in [2.24, 2.45) is 11.8 Å². The van der Waals surface area contributed by atoms with Gasteiger partial charge in [-0.05, 0) is 50.6 Å². The van der Waals surface area contributed by atoms with Gasteiger partial charge in [-0.25, -0.2) is 0 Å². The first-order valence-electron chi connectivity index (χ1n) is 6.89. The van der Waals surface area contributed by atoms with Crippen molar-refractivity contribution in [3.8, 4) is 0 Å². The van der Waals surface area contributed by atoms with E-state index >= 15 is 0 Å². The van der Waals surface area contributed by atoms with Gasteiger partial charge in [0.05, 0.1) is 16.9 Å². The summed E-state index contributed by atoms with van der Waals surface area (Å²) in [4.78, 5) is 2.39. The summed E-state index contributed by atoms with van der Waals surface area (Å²) >= 11 is 12.3. The average Bonchev–Trinajstić information content (AvgIpc) is 2.37. The van der Waals surface area contributed by atoms with Crippen LogP contribution < -0.4 is 0 Å². The van der Waals surface area contributed by atoms with E-state index in [1.165, 1.54) is 0 Å². The number of nitrogens with zero attached hydrogens (tertiary/aromatic N) is 1. The van der Waals surface area contributed by atoms with Crippen molar-refractivity contribution in [1.29, 1.82) is 0 Å². The molecule has 0 amide bonds. The van der Waals surface area contributed by atoms with Crippen LogP contribution in [0.15, 0.2) is 0 Å². The Hall–Kier alpha value is 0.460. The molecular weight excluding hydrogens is 273 g/mol. The lowest BCUT2D eigenvalue weighted by molar-refractivity contribution is 0.0370. The molecule has 2 N–H and O–H groups in total. The molecule has 1 aliphatic carbocycles. The topological polar surface area (TPSA) is 43.7 Å². The van der Waals surface area contributed by atoms with E-state index in [1.54, 1.807) is 0 Å². The molecule has 0 bridgehead atoms. The third-order valence-corrected chi connectivity index (χ3v) is 5.48. The fraction of sp³-hybridized carbons (Fsp3) is 1.00. The number of hydrogen-bond donors (Lipinski definition) is 2. The van der Waals surface area contributed by atoms with E-state index in [2.05, 4.69) is 4.90 Å². The number of piperidine rings is 1. The van der Waals surface area contributed by atoms with E-state index in [1.807, 2.05) is 0 Å². The molecule has 4 atom stereocenters. The third kappa shape index (κ3) is 3.73. The Labute approximate surface area is 119 Å². The summed E-state index contributed by atoms with van der Waals surface area (Å²) in [6.45, 7) is 3.25. The number of alkyl halides is 2. The standard InChI is InChI=1S/C13H23Cl2NO2/c14-11-5-10(13(18)6-12(11)15)7-16-3-1-9(8-17)2-4-16/h9-13,17-18H,1-8H2. The molecule has 5 heteroatoms. The van der Waals surface area contributed by atoms with Gasteiger partial charge in [0.25, 0.3) is 0 Å². The van der Waals surface area contributed by atoms with Crippen molar-refractivity contribution in [2.75, 3.05) is 26.2 Å². The van der Waals surface area contributed by atoms with Gasteiger partial charge >= 0.3 is 0 Å². The Morgan fingerprint density at radius 2 is 1.67 bits per heavy atom. The lowest BCUT2D eigenvalue weighted by Gasteiger charge is -2.39. The zero-order valence-electron chi connectivity index (χ0n) is 10.6. The number of aliphatic hydroxyl groups excluding tert-OH is 2. The Balaban J connectivity index is 1.79. The van der Waals surface area contributed by atoms with Crippen molar-refractivity contribution in [3.05, 3.63) is 0 Å². The molecule has 0 radical (unpaired) electrons. The van der Waals surface area contributed by atoms with Crippen molar-refractivity contribution in [1.82, 2.24) is 4.90 Å². The van der Waals surface area contributed by atoms with Crippen molar-refractivity contribution in [3.63, 3.8) is 0 Å². The first-order chi connectivity index (χ1) is 8.60. The highest BCUT2D eigenvalue weighted by Crippen LogP contribution is 2.33. The summed E-state index contributed by atoms with van der Waals surface area (Å²) in [5, 5.41) is 19.1. The fourth-order valence-electron chi connectivity index (χ4n) is 3.04. The molecular formula is C13H23Cl2NO2. The zero-order chi connectivity index (χ0) is 13.1. The summed E-state index contributed by atoms with van der Waals surface area (Å²) < 4.78 is 0. The average molecular weight is 296 g/mol.